The van der Waals surface area contributed by atoms with E-state index in [4.69, 9.17) is 0 Å². The van der Waals surface area contributed by atoms with Crippen molar-refractivity contribution in [2.45, 2.75) is 19.3 Å². The molecule has 2 N–H and O–H groups in total. The quantitative estimate of drug-likeness (QED) is 0.877. The van der Waals surface area contributed by atoms with E-state index in [1.54, 1.807) is 6.07 Å². The second-order valence-corrected chi connectivity index (χ2v) is 6.34. The Hall–Kier alpha value is -0.940. The first-order chi connectivity index (χ1) is 9.11. The van der Waals surface area contributed by atoms with Crippen molar-refractivity contribution in [2.24, 2.45) is 11.3 Å². The standard InChI is InChI=1S/C14H16BrFN2O/c15-11-2-1-9(16)7-12(11)18-13(19)10-8-14(10)3-5-17-6-4-14/h1-2,7,10,17H,3-6,8H2,(H,18,19). The van der Waals surface area contributed by atoms with Gasteiger partial charge in [-0.2, -0.15) is 0 Å². The normalized spacial score (nSPS) is 24.2. The van der Waals surface area contributed by atoms with Crippen LogP contribution in [0, 0.1) is 17.2 Å². The highest BCUT2D eigenvalue weighted by Gasteiger charge is 2.57. The molecule has 1 spiro atoms. The monoisotopic (exact) mass is 326 g/mol. The molecule has 1 aromatic rings. The van der Waals surface area contributed by atoms with E-state index >= 15 is 0 Å². The molecule has 3 nitrogen and oxygen atoms in total. The predicted molar refractivity (Wildman–Crippen MR) is 75.4 cm³/mol. The zero-order valence-corrected chi connectivity index (χ0v) is 12.1. The minimum absolute atomic E-state index is 0.0215. The van der Waals surface area contributed by atoms with Crippen molar-refractivity contribution in [3.05, 3.63) is 28.5 Å². The number of benzene rings is 1. The fourth-order valence-corrected chi connectivity index (χ4v) is 3.35. The van der Waals surface area contributed by atoms with Crippen molar-refractivity contribution in [1.29, 1.82) is 0 Å². The minimum atomic E-state index is -0.342. The molecular formula is C14H16BrFN2O. The van der Waals surface area contributed by atoms with Crippen molar-refractivity contribution in [2.75, 3.05) is 18.4 Å². The Morgan fingerprint density at radius 3 is 2.89 bits per heavy atom. The molecular weight excluding hydrogens is 311 g/mol. The van der Waals surface area contributed by atoms with Crippen LogP contribution in [0.15, 0.2) is 22.7 Å². The van der Waals surface area contributed by atoms with Gasteiger partial charge in [-0.15, -0.1) is 0 Å². The molecule has 1 aliphatic heterocycles. The highest BCUT2D eigenvalue weighted by atomic mass is 79.9. The number of amides is 1. The molecule has 3 rings (SSSR count). The lowest BCUT2D eigenvalue weighted by Gasteiger charge is -2.23. The maximum atomic E-state index is 13.2. The SMILES string of the molecule is O=C(Nc1cc(F)ccc1Br)C1CC12CCNCC2. The van der Waals surface area contributed by atoms with Gasteiger partial charge in [0.05, 0.1) is 5.69 Å². The Bertz CT molecular complexity index is 514. The molecule has 1 aromatic carbocycles. The van der Waals surface area contributed by atoms with E-state index in [9.17, 15) is 9.18 Å². The van der Waals surface area contributed by atoms with Crippen molar-refractivity contribution >= 4 is 27.5 Å². The number of halogens is 2. The second kappa shape index (κ2) is 4.87. The number of carbonyl (C=O) groups is 1. The summed E-state index contributed by atoms with van der Waals surface area (Å²) in [6.07, 6.45) is 3.10. The van der Waals surface area contributed by atoms with E-state index in [2.05, 4.69) is 26.6 Å². The van der Waals surface area contributed by atoms with Crippen LogP contribution in [0.1, 0.15) is 19.3 Å². The number of rotatable bonds is 2. The van der Waals surface area contributed by atoms with Crippen LogP contribution in [0.3, 0.4) is 0 Å². The Morgan fingerprint density at radius 1 is 1.42 bits per heavy atom. The summed E-state index contributed by atoms with van der Waals surface area (Å²) in [5.41, 5.74) is 0.718. The van der Waals surface area contributed by atoms with Gasteiger partial charge in [0.2, 0.25) is 5.91 Å². The first-order valence-electron chi connectivity index (χ1n) is 6.57. The second-order valence-electron chi connectivity index (χ2n) is 5.48. The average Bonchev–Trinajstić information content (AvgIpc) is 3.08. The van der Waals surface area contributed by atoms with Gasteiger partial charge in [0.1, 0.15) is 5.82 Å². The third kappa shape index (κ3) is 2.54. The van der Waals surface area contributed by atoms with Gasteiger partial charge in [0.15, 0.2) is 0 Å². The average molecular weight is 327 g/mol. The summed E-state index contributed by atoms with van der Waals surface area (Å²) in [7, 11) is 0. The molecule has 1 saturated carbocycles. The highest BCUT2D eigenvalue weighted by Crippen LogP contribution is 2.58. The van der Waals surface area contributed by atoms with Gasteiger partial charge in [0, 0.05) is 10.4 Å². The lowest BCUT2D eigenvalue weighted by molar-refractivity contribution is -0.118. The summed E-state index contributed by atoms with van der Waals surface area (Å²) in [4.78, 5) is 12.2. The van der Waals surface area contributed by atoms with Crippen LogP contribution >= 0.6 is 15.9 Å². The topological polar surface area (TPSA) is 41.1 Å². The Balaban J connectivity index is 1.68. The summed E-state index contributed by atoms with van der Waals surface area (Å²) in [5.74, 6) is -0.233. The predicted octanol–water partition coefficient (Wildman–Crippen LogP) is 2.92. The maximum absolute atomic E-state index is 13.2. The summed E-state index contributed by atoms with van der Waals surface area (Å²) < 4.78 is 13.9. The van der Waals surface area contributed by atoms with Crippen molar-refractivity contribution in [3.8, 4) is 0 Å². The van der Waals surface area contributed by atoms with E-state index in [-0.39, 0.29) is 23.1 Å². The molecule has 2 fully saturated rings. The molecule has 0 radical (unpaired) electrons. The molecule has 0 bridgehead atoms. The lowest BCUT2D eigenvalue weighted by Crippen LogP contribution is -2.31. The lowest BCUT2D eigenvalue weighted by atomic mass is 9.92. The van der Waals surface area contributed by atoms with Crippen LogP contribution in [-0.2, 0) is 4.79 Å². The highest BCUT2D eigenvalue weighted by molar-refractivity contribution is 9.10. The van der Waals surface area contributed by atoms with Gasteiger partial charge >= 0.3 is 0 Å². The molecule has 2 aliphatic rings. The molecule has 19 heavy (non-hydrogen) atoms. The van der Waals surface area contributed by atoms with E-state index in [1.165, 1.54) is 12.1 Å². The first kappa shape index (κ1) is 13.1. The number of anilines is 1. The molecule has 1 unspecified atom stereocenters. The van der Waals surface area contributed by atoms with Crippen molar-refractivity contribution in [1.82, 2.24) is 5.32 Å². The Kier molecular flexibility index (Phi) is 3.35. The number of hydrogen-bond acceptors (Lipinski definition) is 2. The molecule has 102 valence electrons. The van der Waals surface area contributed by atoms with E-state index in [1.807, 2.05) is 0 Å². The first-order valence-corrected chi connectivity index (χ1v) is 7.37. The van der Waals surface area contributed by atoms with E-state index < -0.39 is 0 Å². The summed E-state index contributed by atoms with van der Waals surface area (Å²) >= 11 is 3.32. The summed E-state index contributed by atoms with van der Waals surface area (Å²) in [6, 6.07) is 4.32. The van der Waals surface area contributed by atoms with Crippen LogP contribution in [0.5, 0.6) is 0 Å². The van der Waals surface area contributed by atoms with Gasteiger partial charge in [0.25, 0.3) is 0 Å². The third-order valence-electron chi connectivity index (χ3n) is 4.29. The number of piperidine rings is 1. The summed E-state index contributed by atoms with van der Waals surface area (Å²) in [5, 5.41) is 6.16. The molecule has 1 saturated heterocycles. The van der Waals surface area contributed by atoms with E-state index in [0.717, 1.165) is 32.4 Å². The zero-order chi connectivity index (χ0) is 13.5. The molecule has 1 amide bonds. The van der Waals surface area contributed by atoms with Crippen molar-refractivity contribution < 1.29 is 9.18 Å². The molecule has 1 aliphatic carbocycles. The number of hydrogen-bond donors (Lipinski definition) is 2. The van der Waals surface area contributed by atoms with Crippen molar-refractivity contribution in [3.63, 3.8) is 0 Å². The van der Waals surface area contributed by atoms with Crippen LogP contribution in [-0.4, -0.2) is 19.0 Å². The molecule has 1 heterocycles. The van der Waals surface area contributed by atoms with Gasteiger partial charge in [-0.3, -0.25) is 4.79 Å². The minimum Gasteiger partial charge on any atom is -0.325 e. The van der Waals surface area contributed by atoms with Crippen LogP contribution in [0.25, 0.3) is 0 Å². The largest absolute Gasteiger partial charge is 0.325 e. The zero-order valence-electron chi connectivity index (χ0n) is 10.5. The van der Waals surface area contributed by atoms with Crippen LogP contribution in [0.2, 0.25) is 0 Å². The van der Waals surface area contributed by atoms with Gasteiger partial charge in [-0.25, -0.2) is 4.39 Å². The summed E-state index contributed by atoms with van der Waals surface area (Å²) in [6.45, 7) is 1.99. The van der Waals surface area contributed by atoms with Crippen LogP contribution in [0.4, 0.5) is 10.1 Å². The van der Waals surface area contributed by atoms with Gasteiger partial charge in [-0.05, 0) is 71.9 Å². The number of nitrogens with one attached hydrogen (secondary N) is 2. The Labute approximate surface area is 120 Å². The fraction of sp³-hybridized carbons (Fsp3) is 0.500. The molecule has 5 heteroatoms. The third-order valence-corrected chi connectivity index (χ3v) is 4.98. The fourth-order valence-electron chi connectivity index (χ4n) is 3.01. The molecule has 0 aromatic heterocycles. The smallest absolute Gasteiger partial charge is 0.228 e. The molecule has 1 atom stereocenters. The van der Waals surface area contributed by atoms with Crippen LogP contribution < -0.4 is 10.6 Å². The maximum Gasteiger partial charge on any atom is 0.228 e. The number of carbonyl (C=O) groups excluding carboxylic acids is 1. The van der Waals surface area contributed by atoms with Gasteiger partial charge < -0.3 is 10.6 Å². The van der Waals surface area contributed by atoms with Gasteiger partial charge in [-0.1, -0.05) is 0 Å². The van der Waals surface area contributed by atoms with E-state index in [0.29, 0.717) is 10.2 Å². The Morgan fingerprint density at radius 2 is 2.16 bits per heavy atom.